The van der Waals surface area contributed by atoms with Gasteiger partial charge >= 0.3 is 6.18 Å². The van der Waals surface area contributed by atoms with Crippen LogP contribution in [-0.4, -0.2) is 12.5 Å². The monoisotopic (exact) mass is 428 g/mol. The first-order valence-corrected chi connectivity index (χ1v) is 10.3. The van der Waals surface area contributed by atoms with Crippen molar-refractivity contribution in [2.24, 2.45) is 0 Å². The molecule has 1 N–H and O–H groups in total. The van der Waals surface area contributed by atoms with E-state index >= 15 is 0 Å². The average Bonchev–Trinajstić information content (AvgIpc) is 2.75. The van der Waals surface area contributed by atoms with Crippen molar-refractivity contribution in [3.63, 3.8) is 0 Å². The molecule has 1 heterocycles. The summed E-state index contributed by atoms with van der Waals surface area (Å²) < 4.78 is 38.5. The van der Waals surface area contributed by atoms with Crippen molar-refractivity contribution in [2.45, 2.75) is 28.9 Å². The summed E-state index contributed by atoms with van der Waals surface area (Å²) in [7, 11) is 0. The van der Waals surface area contributed by atoms with Crippen LogP contribution in [-0.2, 0) is 17.5 Å². The van der Waals surface area contributed by atoms with Gasteiger partial charge in [-0.1, -0.05) is 48.2 Å². The molecule has 0 bridgehead atoms. The summed E-state index contributed by atoms with van der Waals surface area (Å²) in [5, 5.41) is 2.73. The van der Waals surface area contributed by atoms with Gasteiger partial charge in [-0.2, -0.15) is 13.2 Å². The van der Waals surface area contributed by atoms with Crippen LogP contribution in [0.15, 0.2) is 82.6 Å². The summed E-state index contributed by atoms with van der Waals surface area (Å²) in [6, 6.07) is 21.1. The highest BCUT2D eigenvalue weighted by Crippen LogP contribution is 2.47. The number of alkyl halides is 3. The number of fused-ring (bicyclic) bond motifs is 2. The zero-order valence-electron chi connectivity index (χ0n) is 15.9. The van der Waals surface area contributed by atoms with Crippen molar-refractivity contribution >= 4 is 29.0 Å². The lowest BCUT2D eigenvalue weighted by molar-refractivity contribution is -0.137. The molecule has 7 heteroatoms. The lowest BCUT2D eigenvalue weighted by Crippen LogP contribution is -2.29. The predicted octanol–water partition coefficient (Wildman–Crippen LogP) is 6.01. The lowest BCUT2D eigenvalue weighted by Gasteiger charge is -2.32. The highest BCUT2D eigenvalue weighted by Gasteiger charge is 2.30. The quantitative estimate of drug-likeness (QED) is 0.540. The van der Waals surface area contributed by atoms with Crippen LogP contribution < -0.4 is 10.2 Å². The van der Waals surface area contributed by atoms with Crippen molar-refractivity contribution in [3.05, 3.63) is 83.9 Å². The molecule has 30 heavy (non-hydrogen) atoms. The molecule has 0 atom stereocenters. The van der Waals surface area contributed by atoms with Crippen LogP contribution in [0.4, 0.5) is 24.5 Å². The van der Waals surface area contributed by atoms with E-state index in [1.807, 2.05) is 36.4 Å². The number of benzene rings is 3. The summed E-state index contributed by atoms with van der Waals surface area (Å²) in [4.78, 5) is 16.8. The van der Waals surface area contributed by atoms with Gasteiger partial charge in [-0.15, -0.1) is 0 Å². The third kappa shape index (κ3) is 4.46. The van der Waals surface area contributed by atoms with E-state index in [9.17, 15) is 18.0 Å². The Labute approximate surface area is 176 Å². The Balaban J connectivity index is 1.41. The lowest BCUT2D eigenvalue weighted by atomic mass is 10.1. The molecular formula is C23H19F3N2OS. The molecule has 1 amide bonds. The number of para-hydroxylation sites is 2. The van der Waals surface area contributed by atoms with Crippen molar-refractivity contribution in [3.8, 4) is 0 Å². The highest BCUT2D eigenvalue weighted by molar-refractivity contribution is 7.99. The van der Waals surface area contributed by atoms with Crippen LogP contribution in [0.25, 0.3) is 0 Å². The summed E-state index contributed by atoms with van der Waals surface area (Å²) in [6.45, 7) is 0.536. The van der Waals surface area contributed by atoms with Gasteiger partial charge in [0, 0.05) is 29.3 Å². The molecule has 0 unspecified atom stereocenters. The number of hydrogen-bond donors (Lipinski definition) is 1. The summed E-state index contributed by atoms with van der Waals surface area (Å²) in [5.74, 6) is -0.208. The minimum Gasteiger partial charge on any atom is -0.352 e. The fourth-order valence-electron chi connectivity index (χ4n) is 3.38. The van der Waals surface area contributed by atoms with Gasteiger partial charge in [0.1, 0.15) is 0 Å². The van der Waals surface area contributed by atoms with E-state index in [1.165, 1.54) is 6.07 Å². The molecule has 0 saturated heterocycles. The van der Waals surface area contributed by atoms with Gasteiger partial charge in [0.25, 0.3) is 0 Å². The number of hydrogen-bond acceptors (Lipinski definition) is 3. The molecular weight excluding hydrogens is 409 g/mol. The Bertz CT molecular complexity index is 1020. The number of rotatable bonds is 5. The van der Waals surface area contributed by atoms with Crippen molar-refractivity contribution in [1.29, 1.82) is 0 Å². The van der Waals surface area contributed by atoms with Crippen LogP contribution in [0.5, 0.6) is 0 Å². The predicted molar refractivity (Wildman–Crippen MR) is 112 cm³/mol. The summed E-state index contributed by atoms with van der Waals surface area (Å²) in [6.07, 6.45) is -4.17. The second-order valence-electron chi connectivity index (χ2n) is 6.91. The van der Waals surface area contributed by atoms with Gasteiger partial charge in [-0.05, 0) is 42.0 Å². The van der Waals surface area contributed by atoms with E-state index in [-0.39, 0.29) is 18.9 Å². The summed E-state index contributed by atoms with van der Waals surface area (Å²) in [5.41, 5.74) is 1.80. The van der Waals surface area contributed by atoms with Gasteiger partial charge in [-0.3, -0.25) is 4.79 Å². The first kappa shape index (κ1) is 20.3. The molecule has 0 fully saturated rings. The van der Waals surface area contributed by atoms with E-state index in [0.29, 0.717) is 12.1 Å². The number of halogens is 3. The highest BCUT2D eigenvalue weighted by atomic mass is 32.2. The smallest absolute Gasteiger partial charge is 0.352 e. The van der Waals surface area contributed by atoms with Gasteiger partial charge < -0.3 is 10.2 Å². The Morgan fingerprint density at radius 2 is 1.53 bits per heavy atom. The molecule has 4 rings (SSSR count). The van der Waals surface area contributed by atoms with Gasteiger partial charge in [0.05, 0.1) is 16.9 Å². The third-order valence-electron chi connectivity index (χ3n) is 4.84. The zero-order valence-corrected chi connectivity index (χ0v) is 16.8. The number of anilines is 2. The zero-order chi connectivity index (χ0) is 21.1. The molecule has 0 saturated carbocycles. The molecule has 0 aromatic heterocycles. The van der Waals surface area contributed by atoms with E-state index in [0.717, 1.165) is 33.3 Å². The molecule has 1 aliphatic heterocycles. The molecule has 3 nitrogen and oxygen atoms in total. The Morgan fingerprint density at radius 1 is 0.900 bits per heavy atom. The number of nitrogens with zero attached hydrogens (tertiary/aromatic N) is 1. The largest absolute Gasteiger partial charge is 0.416 e. The topological polar surface area (TPSA) is 32.3 Å². The maximum Gasteiger partial charge on any atom is 0.416 e. The van der Waals surface area contributed by atoms with Crippen LogP contribution in [0, 0.1) is 0 Å². The fourth-order valence-corrected chi connectivity index (χ4v) is 4.48. The number of nitrogens with one attached hydrogen (secondary N) is 1. The maximum atomic E-state index is 12.8. The Kier molecular flexibility index (Phi) is 5.72. The van der Waals surface area contributed by atoms with E-state index in [2.05, 4.69) is 22.3 Å². The van der Waals surface area contributed by atoms with E-state index in [1.54, 1.807) is 17.8 Å². The Morgan fingerprint density at radius 3 is 2.17 bits per heavy atom. The van der Waals surface area contributed by atoms with Crippen LogP contribution in [0.3, 0.4) is 0 Å². The number of carbonyl (C=O) groups excluding carboxylic acids is 1. The maximum absolute atomic E-state index is 12.8. The number of carbonyl (C=O) groups is 1. The second-order valence-corrected chi connectivity index (χ2v) is 8.00. The summed E-state index contributed by atoms with van der Waals surface area (Å²) >= 11 is 1.70. The van der Waals surface area contributed by atoms with Crippen molar-refractivity contribution in [1.82, 2.24) is 5.32 Å². The molecule has 0 aliphatic carbocycles. The Hall–Kier alpha value is -2.93. The van der Waals surface area contributed by atoms with Gasteiger partial charge in [0.2, 0.25) is 5.91 Å². The molecule has 0 spiro atoms. The number of amides is 1. The van der Waals surface area contributed by atoms with Crippen LogP contribution >= 0.6 is 11.8 Å². The van der Waals surface area contributed by atoms with Gasteiger partial charge in [0.15, 0.2) is 0 Å². The van der Waals surface area contributed by atoms with Crippen LogP contribution in [0.2, 0.25) is 0 Å². The van der Waals surface area contributed by atoms with Crippen LogP contribution in [0.1, 0.15) is 17.5 Å². The first-order chi connectivity index (χ1) is 14.4. The van der Waals surface area contributed by atoms with Crippen molar-refractivity contribution in [2.75, 3.05) is 11.4 Å². The molecule has 3 aromatic carbocycles. The van der Waals surface area contributed by atoms with E-state index < -0.39 is 11.7 Å². The molecule has 1 aliphatic rings. The minimum atomic E-state index is -4.40. The third-order valence-corrected chi connectivity index (χ3v) is 5.97. The molecule has 154 valence electrons. The standard InChI is InChI=1S/C23H19F3N2OS/c24-23(25,26)17-7-5-6-16(14-17)15-27-22(29)12-13-28-18-8-1-3-10-20(18)30-21-11-4-2-9-19(21)28/h1-11,14H,12-13,15H2,(H,27,29). The van der Waals surface area contributed by atoms with Gasteiger partial charge in [-0.25, -0.2) is 0 Å². The van der Waals surface area contributed by atoms with Crippen molar-refractivity contribution < 1.29 is 18.0 Å². The molecule has 3 aromatic rings. The SMILES string of the molecule is O=C(CCN1c2ccccc2Sc2ccccc21)NCc1cccc(C(F)(F)F)c1. The fraction of sp³-hybridized carbons (Fsp3) is 0.174. The second kappa shape index (κ2) is 8.44. The normalized spacial score (nSPS) is 12.8. The first-order valence-electron chi connectivity index (χ1n) is 9.48. The minimum absolute atomic E-state index is 0.0613. The average molecular weight is 428 g/mol. The molecule has 0 radical (unpaired) electrons. The van der Waals surface area contributed by atoms with E-state index in [4.69, 9.17) is 0 Å².